The zero-order valence-corrected chi connectivity index (χ0v) is 18.2. The van der Waals surface area contributed by atoms with Crippen LogP contribution >= 0.6 is 12.2 Å². The summed E-state index contributed by atoms with van der Waals surface area (Å²) < 4.78 is 9.46. The molecule has 2 heterocycles. The molecule has 30 heavy (non-hydrogen) atoms. The number of rotatable bonds is 4. The number of fused-ring (bicyclic) bond motifs is 1. The van der Waals surface area contributed by atoms with E-state index in [-0.39, 0.29) is 11.4 Å². The first-order valence-electron chi connectivity index (χ1n) is 10.2. The molecule has 6 nitrogen and oxygen atoms in total. The van der Waals surface area contributed by atoms with E-state index in [0.29, 0.717) is 29.0 Å². The van der Waals surface area contributed by atoms with Crippen molar-refractivity contribution in [2.45, 2.75) is 39.8 Å². The number of allylic oxidation sites excluding steroid dienone is 5. The normalized spacial score (nSPS) is 16.9. The monoisotopic (exact) mass is 423 g/mol. The highest BCUT2D eigenvalue weighted by Gasteiger charge is 2.24. The van der Waals surface area contributed by atoms with Crippen molar-refractivity contribution in [3.05, 3.63) is 74.6 Å². The molecule has 1 aromatic carbocycles. The van der Waals surface area contributed by atoms with Crippen molar-refractivity contribution in [3.8, 4) is 11.6 Å². The molecule has 0 atom stereocenters. The van der Waals surface area contributed by atoms with E-state index in [1.165, 1.54) is 4.57 Å². The van der Waals surface area contributed by atoms with Gasteiger partial charge in [-0.05, 0) is 62.2 Å². The number of aromatic nitrogens is 2. The molecule has 4 rings (SSSR count). The Labute approximate surface area is 180 Å². The summed E-state index contributed by atoms with van der Waals surface area (Å²) in [6.45, 7) is 4.72. The minimum absolute atomic E-state index is 0.0738. The molecular weight excluding hydrogens is 398 g/mol. The van der Waals surface area contributed by atoms with Crippen molar-refractivity contribution in [3.63, 3.8) is 0 Å². The second-order valence-electron chi connectivity index (χ2n) is 7.30. The lowest BCUT2D eigenvalue weighted by atomic mass is 9.95. The zero-order chi connectivity index (χ0) is 21.4. The largest absolute Gasteiger partial charge is 0.494 e. The number of para-hydroxylation sites is 2. The summed E-state index contributed by atoms with van der Waals surface area (Å²) in [5.41, 5.74) is 2.81. The standard InChI is InChI=1S/C23H25N3O3S/c1-4-25-21(27)20(22(28)26(5-2)23(25)30)16-10-8-9-15(13-16)14-19-24(3)17-11-6-7-12-18(17)29-19/h6-7,10-14,27H,4-5,8-9H2,1-3H3. The van der Waals surface area contributed by atoms with Gasteiger partial charge >= 0.3 is 0 Å². The minimum Gasteiger partial charge on any atom is -0.494 e. The van der Waals surface area contributed by atoms with Crippen LogP contribution in [0.1, 0.15) is 32.3 Å². The van der Waals surface area contributed by atoms with Crippen LogP contribution in [0.4, 0.5) is 5.69 Å². The third kappa shape index (κ3) is 3.29. The summed E-state index contributed by atoms with van der Waals surface area (Å²) in [5.74, 6) is 1.49. The first kappa shape index (κ1) is 20.2. The van der Waals surface area contributed by atoms with Crippen molar-refractivity contribution in [2.24, 2.45) is 0 Å². The molecule has 0 radical (unpaired) electrons. The van der Waals surface area contributed by atoms with Crippen LogP contribution in [-0.4, -0.2) is 21.3 Å². The first-order valence-corrected chi connectivity index (χ1v) is 10.6. The summed E-state index contributed by atoms with van der Waals surface area (Å²) in [6.07, 6.45) is 7.55. The van der Waals surface area contributed by atoms with Gasteiger partial charge in [0.05, 0.1) is 5.69 Å². The maximum absolute atomic E-state index is 13.1. The van der Waals surface area contributed by atoms with E-state index in [1.807, 2.05) is 68.3 Å². The molecule has 0 saturated carbocycles. The molecule has 2 aromatic rings. The van der Waals surface area contributed by atoms with Crippen LogP contribution in [-0.2, 0) is 13.1 Å². The smallest absolute Gasteiger partial charge is 0.266 e. The van der Waals surface area contributed by atoms with E-state index in [4.69, 9.17) is 17.0 Å². The molecule has 1 aromatic heterocycles. The highest BCUT2D eigenvalue weighted by molar-refractivity contribution is 7.71. The Balaban J connectivity index is 1.76. The topological polar surface area (TPSA) is 59.6 Å². The Morgan fingerprint density at radius 2 is 1.93 bits per heavy atom. The third-order valence-electron chi connectivity index (χ3n) is 5.54. The molecule has 1 aliphatic carbocycles. The second-order valence-corrected chi connectivity index (χ2v) is 7.67. The Morgan fingerprint density at radius 1 is 1.20 bits per heavy atom. The molecule has 0 bridgehead atoms. The zero-order valence-electron chi connectivity index (χ0n) is 17.4. The molecule has 2 aliphatic rings. The van der Waals surface area contributed by atoms with Gasteiger partial charge in [0.2, 0.25) is 11.8 Å². The number of hydrogen-bond acceptors (Lipinski definition) is 5. The van der Waals surface area contributed by atoms with Gasteiger partial charge in [-0.3, -0.25) is 13.9 Å². The van der Waals surface area contributed by atoms with Gasteiger partial charge in [-0.15, -0.1) is 0 Å². The number of benzene rings is 1. The Morgan fingerprint density at radius 3 is 2.63 bits per heavy atom. The highest BCUT2D eigenvalue weighted by atomic mass is 32.1. The average Bonchev–Trinajstić information content (AvgIpc) is 3.04. The van der Waals surface area contributed by atoms with Gasteiger partial charge in [-0.2, -0.15) is 0 Å². The quantitative estimate of drug-likeness (QED) is 0.729. The van der Waals surface area contributed by atoms with Crippen molar-refractivity contribution < 1.29 is 9.84 Å². The number of ether oxygens (including phenoxy) is 1. The SMILES string of the molecule is CCn1c(O)c(C2=CCCC(C=C3Oc4ccccc4N3C)=C2)c(=O)n(CC)c1=S. The first-order chi connectivity index (χ1) is 14.5. The number of aromatic hydroxyl groups is 1. The fourth-order valence-electron chi connectivity index (χ4n) is 3.92. The molecule has 1 N–H and O–H groups in total. The number of hydrogen-bond donors (Lipinski definition) is 1. The average molecular weight is 424 g/mol. The van der Waals surface area contributed by atoms with Crippen molar-refractivity contribution in [1.29, 1.82) is 0 Å². The van der Waals surface area contributed by atoms with Crippen LogP contribution in [0.15, 0.2) is 58.7 Å². The maximum atomic E-state index is 13.1. The van der Waals surface area contributed by atoms with E-state index >= 15 is 0 Å². The highest BCUT2D eigenvalue weighted by Crippen LogP contribution is 2.38. The predicted molar refractivity (Wildman–Crippen MR) is 121 cm³/mol. The van der Waals surface area contributed by atoms with Gasteiger partial charge in [0.1, 0.15) is 5.56 Å². The van der Waals surface area contributed by atoms with Crippen molar-refractivity contribution >= 4 is 23.5 Å². The minimum atomic E-state index is -0.261. The van der Waals surface area contributed by atoms with Gasteiger partial charge in [0, 0.05) is 26.2 Å². The molecule has 0 amide bonds. The molecular formula is C23H25N3O3S. The molecule has 7 heteroatoms. The van der Waals surface area contributed by atoms with Crippen LogP contribution in [0.2, 0.25) is 0 Å². The number of anilines is 1. The lowest BCUT2D eigenvalue weighted by Gasteiger charge is -2.18. The maximum Gasteiger partial charge on any atom is 0.266 e. The fourth-order valence-corrected chi connectivity index (χ4v) is 4.35. The summed E-state index contributed by atoms with van der Waals surface area (Å²) in [7, 11) is 1.97. The van der Waals surface area contributed by atoms with Gasteiger partial charge in [-0.25, -0.2) is 0 Å². The second kappa shape index (κ2) is 7.99. The number of nitrogens with zero attached hydrogens (tertiary/aromatic N) is 3. The Hall–Kier alpha value is -3.06. The molecule has 0 saturated heterocycles. The van der Waals surface area contributed by atoms with Gasteiger partial charge < -0.3 is 14.7 Å². The van der Waals surface area contributed by atoms with Crippen LogP contribution in [0.25, 0.3) is 5.57 Å². The van der Waals surface area contributed by atoms with Crippen LogP contribution in [0.5, 0.6) is 11.6 Å². The van der Waals surface area contributed by atoms with Gasteiger partial charge in [0.15, 0.2) is 10.5 Å². The fraction of sp³-hybridized carbons (Fsp3) is 0.304. The van der Waals surface area contributed by atoms with Gasteiger partial charge in [-0.1, -0.05) is 24.3 Å². The van der Waals surface area contributed by atoms with Crippen LogP contribution < -0.4 is 15.2 Å². The van der Waals surface area contributed by atoms with E-state index in [9.17, 15) is 9.90 Å². The molecule has 156 valence electrons. The lowest BCUT2D eigenvalue weighted by molar-refractivity contribution is 0.398. The van der Waals surface area contributed by atoms with Crippen LogP contribution in [0, 0.1) is 4.77 Å². The third-order valence-corrected chi connectivity index (χ3v) is 5.98. The summed E-state index contributed by atoms with van der Waals surface area (Å²) in [4.78, 5) is 15.1. The Kier molecular flexibility index (Phi) is 5.39. The molecule has 0 spiro atoms. The molecule has 1 aliphatic heterocycles. The summed E-state index contributed by atoms with van der Waals surface area (Å²) in [5, 5.41) is 10.8. The summed E-state index contributed by atoms with van der Waals surface area (Å²) in [6, 6.07) is 7.89. The lowest BCUT2D eigenvalue weighted by Crippen LogP contribution is -2.27. The molecule has 0 fully saturated rings. The van der Waals surface area contributed by atoms with E-state index < -0.39 is 0 Å². The summed E-state index contributed by atoms with van der Waals surface area (Å²) >= 11 is 5.39. The van der Waals surface area contributed by atoms with Crippen molar-refractivity contribution in [2.75, 3.05) is 11.9 Å². The predicted octanol–water partition coefficient (Wildman–Crippen LogP) is 4.60. The van der Waals surface area contributed by atoms with E-state index in [2.05, 4.69) is 0 Å². The van der Waals surface area contributed by atoms with Crippen LogP contribution in [0.3, 0.4) is 0 Å². The molecule has 0 unspecified atom stereocenters. The van der Waals surface area contributed by atoms with E-state index in [1.54, 1.807) is 4.57 Å². The van der Waals surface area contributed by atoms with Gasteiger partial charge in [0.25, 0.3) is 5.56 Å². The van der Waals surface area contributed by atoms with Crippen molar-refractivity contribution in [1.82, 2.24) is 9.13 Å². The van der Waals surface area contributed by atoms with E-state index in [0.717, 1.165) is 35.7 Å². The Bertz CT molecular complexity index is 1220.